The molecule has 0 aliphatic carbocycles. The van der Waals surface area contributed by atoms with Crippen molar-refractivity contribution in [1.29, 1.82) is 0 Å². The van der Waals surface area contributed by atoms with Gasteiger partial charge in [0.05, 0.1) is 11.3 Å². The molecule has 0 heterocycles. The number of benzene rings is 2. The summed E-state index contributed by atoms with van der Waals surface area (Å²) >= 11 is 0. The van der Waals surface area contributed by atoms with Gasteiger partial charge in [0.25, 0.3) is 0 Å². The average Bonchev–Trinajstić information content (AvgIpc) is 2.59. The summed E-state index contributed by atoms with van der Waals surface area (Å²) in [7, 11) is -3.62. The van der Waals surface area contributed by atoms with Crippen LogP contribution in [-0.2, 0) is 21.2 Å². The highest BCUT2D eigenvalue weighted by atomic mass is 32.2. The number of nitrogens with one attached hydrogen (secondary N) is 1. The predicted octanol–water partition coefficient (Wildman–Crippen LogP) is 3.35. The van der Waals surface area contributed by atoms with Gasteiger partial charge < -0.3 is 5.32 Å². The molecule has 1 amide bonds. The van der Waals surface area contributed by atoms with E-state index in [1.165, 1.54) is 22.5 Å². The van der Waals surface area contributed by atoms with E-state index in [2.05, 4.69) is 5.32 Å². The van der Waals surface area contributed by atoms with Crippen LogP contribution in [0.2, 0.25) is 0 Å². The van der Waals surface area contributed by atoms with Crippen LogP contribution in [-0.4, -0.2) is 31.7 Å². The van der Waals surface area contributed by atoms with E-state index in [0.29, 0.717) is 18.8 Å². The molecule has 0 radical (unpaired) electrons. The number of carbonyl (C=O) groups is 1. The molecule has 140 valence electrons. The zero-order valence-corrected chi connectivity index (χ0v) is 15.9. The van der Waals surface area contributed by atoms with Crippen molar-refractivity contribution in [3.05, 3.63) is 59.4 Å². The number of carbonyl (C=O) groups excluding carboxylic acids is 1. The molecule has 0 spiro atoms. The van der Waals surface area contributed by atoms with Gasteiger partial charge in [-0.05, 0) is 36.2 Å². The molecule has 2 aromatic carbocycles. The van der Waals surface area contributed by atoms with Crippen molar-refractivity contribution in [2.24, 2.45) is 0 Å². The van der Waals surface area contributed by atoms with Gasteiger partial charge in [-0.1, -0.05) is 38.1 Å². The van der Waals surface area contributed by atoms with Crippen molar-refractivity contribution in [3.8, 4) is 0 Å². The van der Waals surface area contributed by atoms with E-state index < -0.39 is 21.7 Å². The lowest BCUT2D eigenvalue weighted by Crippen LogP contribution is -2.30. The van der Waals surface area contributed by atoms with Gasteiger partial charge in [-0.15, -0.1) is 0 Å². The van der Waals surface area contributed by atoms with E-state index in [1.807, 2.05) is 0 Å². The number of sulfonamides is 1. The molecule has 2 rings (SSSR count). The fourth-order valence-corrected chi connectivity index (χ4v) is 4.10. The Balaban J connectivity index is 2.25. The first-order valence-electron chi connectivity index (χ1n) is 8.43. The highest BCUT2D eigenvalue weighted by molar-refractivity contribution is 7.89. The molecule has 5 nitrogen and oxygen atoms in total. The zero-order chi connectivity index (χ0) is 19.3. The fraction of sp³-hybridized carbons (Fsp3) is 0.316. The second kappa shape index (κ2) is 8.42. The summed E-state index contributed by atoms with van der Waals surface area (Å²) < 4.78 is 40.3. The number of amides is 1. The third-order valence-corrected chi connectivity index (χ3v) is 6.18. The number of hydrogen-bond acceptors (Lipinski definition) is 3. The molecule has 7 heteroatoms. The Morgan fingerprint density at radius 3 is 2.38 bits per heavy atom. The number of aryl methyl sites for hydroxylation is 1. The lowest BCUT2D eigenvalue weighted by Gasteiger charge is -2.19. The van der Waals surface area contributed by atoms with Crippen molar-refractivity contribution in [1.82, 2.24) is 4.31 Å². The number of nitrogens with zero attached hydrogens (tertiary/aromatic N) is 1. The highest BCUT2D eigenvalue weighted by Gasteiger charge is 2.22. The third-order valence-electron chi connectivity index (χ3n) is 4.14. The van der Waals surface area contributed by atoms with E-state index in [1.54, 1.807) is 45.0 Å². The molecule has 0 saturated heterocycles. The Labute approximate surface area is 153 Å². The first-order chi connectivity index (χ1) is 12.3. The molecule has 0 fully saturated rings. The zero-order valence-electron chi connectivity index (χ0n) is 15.1. The van der Waals surface area contributed by atoms with Crippen LogP contribution < -0.4 is 5.32 Å². The second-order valence-corrected chi connectivity index (χ2v) is 7.82. The minimum atomic E-state index is -3.62. The lowest BCUT2D eigenvalue weighted by atomic mass is 10.1. The van der Waals surface area contributed by atoms with Crippen molar-refractivity contribution in [3.63, 3.8) is 0 Å². The standard InChI is InChI=1S/C19H23FN2O3S/c1-4-22(5-2)26(24,25)16-11-10-14(3)18(13-16)21-19(23)12-15-8-6-7-9-17(15)20/h6-11,13H,4-5,12H2,1-3H3,(H,21,23). The first kappa shape index (κ1) is 20.1. The highest BCUT2D eigenvalue weighted by Crippen LogP contribution is 2.23. The van der Waals surface area contributed by atoms with Gasteiger partial charge in [0.15, 0.2) is 0 Å². The van der Waals surface area contributed by atoms with Crippen molar-refractivity contribution < 1.29 is 17.6 Å². The molecular formula is C19H23FN2O3S. The van der Waals surface area contributed by atoms with Crippen LogP contribution in [0.1, 0.15) is 25.0 Å². The summed E-state index contributed by atoms with van der Waals surface area (Å²) in [5.41, 5.74) is 1.42. The van der Waals surface area contributed by atoms with Gasteiger partial charge in [0.2, 0.25) is 15.9 Å². The molecular weight excluding hydrogens is 355 g/mol. The normalized spacial score (nSPS) is 11.6. The monoisotopic (exact) mass is 378 g/mol. The van der Waals surface area contributed by atoms with Gasteiger partial charge in [-0.2, -0.15) is 4.31 Å². The van der Waals surface area contributed by atoms with Crippen molar-refractivity contribution in [2.45, 2.75) is 32.1 Å². The molecule has 2 aromatic rings. The second-order valence-electron chi connectivity index (χ2n) is 5.88. The molecule has 0 bridgehead atoms. The van der Waals surface area contributed by atoms with Crippen LogP contribution in [0.15, 0.2) is 47.4 Å². The maximum absolute atomic E-state index is 13.7. The van der Waals surface area contributed by atoms with Crippen molar-refractivity contribution >= 4 is 21.6 Å². The topological polar surface area (TPSA) is 66.5 Å². The fourth-order valence-electron chi connectivity index (χ4n) is 2.62. The molecule has 0 saturated carbocycles. The Hall–Kier alpha value is -2.25. The molecule has 0 unspecified atom stereocenters. The van der Waals surface area contributed by atoms with Gasteiger partial charge >= 0.3 is 0 Å². The minimum Gasteiger partial charge on any atom is -0.326 e. The quantitative estimate of drug-likeness (QED) is 0.803. The molecule has 0 aromatic heterocycles. The Morgan fingerprint density at radius 2 is 1.77 bits per heavy atom. The molecule has 26 heavy (non-hydrogen) atoms. The molecule has 1 N–H and O–H groups in total. The van der Waals surface area contributed by atoms with Crippen LogP contribution >= 0.6 is 0 Å². The van der Waals surface area contributed by atoms with Gasteiger partial charge in [0, 0.05) is 18.8 Å². The van der Waals surface area contributed by atoms with Gasteiger partial charge in [-0.3, -0.25) is 4.79 Å². The van der Waals surface area contributed by atoms with Crippen molar-refractivity contribution in [2.75, 3.05) is 18.4 Å². The van der Waals surface area contributed by atoms with Crippen LogP contribution in [0.5, 0.6) is 0 Å². The summed E-state index contributed by atoms with van der Waals surface area (Å²) in [6, 6.07) is 10.7. The maximum atomic E-state index is 13.7. The van der Waals surface area contributed by atoms with Crippen LogP contribution in [0.3, 0.4) is 0 Å². The van der Waals surface area contributed by atoms with Gasteiger partial charge in [0.1, 0.15) is 5.82 Å². The largest absolute Gasteiger partial charge is 0.326 e. The summed E-state index contributed by atoms with van der Waals surface area (Å²) in [4.78, 5) is 12.4. The van der Waals surface area contributed by atoms with E-state index >= 15 is 0 Å². The number of hydrogen-bond donors (Lipinski definition) is 1. The molecule has 0 aliphatic heterocycles. The summed E-state index contributed by atoms with van der Waals surface area (Å²) in [6.07, 6.45) is -0.126. The third kappa shape index (κ3) is 4.47. The van der Waals surface area contributed by atoms with Gasteiger partial charge in [-0.25, -0.2) is 12.8 Å². The average molecular weight is 378 g/mol. The summed E-state index contributed by atoms with van der Waals surface area (Å²) in [6.45, 7) is 6.04. The smallest absolute Gasteiger partial charge is 0.243 e. The minimum absolute atomic E-state index is 0.119. The Morgan fingerprint density at radius 1 is 1.12 bits per heavy atom. The van der Waals surface area contributed by atoms with E-state index in [4.69, 9.17) is 0 Å². The predicted molar refractivity (Wildman–Crippen MR) is 100 cm³/mol. The number of halogens is 1. The SMILES string of the molecule is CCN(CC)S(=O)(=O)c1ccc(C)c(NC(=O)Cc2ccccc2F)c1. The lowest BCUT2D eigenvalue weighted by molar-refractivity contribution is -0.115. The Kier molecular flexibility index (Phi) is 6.50. The van der Waals surface area contributed by atoms with E-state index in [9.17, 15) is 17.6 Å². The van der Waals surface area contributed by atoms with E-state index in [0.717, 1.165) is 5.56 Å². The maximum Gasteiger partial charge on any atom is 0.243 e. The van der Waals surface area contributed by atoms with Crippen LogP contribution in [0, 0.1) is 12.7 Å². The van der Waals surface area contributed by atoms with E-state index in [-0.39, 0.29) is 16.9 Å². The molecule has 0 aliphatic rings. The summed E-state index contributed by atoms with van der Waals surface area (Å²) in [5.74, 6) is -0.854. The summed E-state index contributed by atoms with van der Waals surface area (Å²) in [5, 5.41) is 2.68. The number of rotatable bonds is 7. The number of anilines is 1. The first-order valence-corrected chi connectivity index (χ1v) is 9.87. The molecule has 0 atom stereocenters. The van der Waals surface area contributed by atoms with Crippen LogP contribution in [0.4, 0.5) is 10.1 Å². The Bertz CT molecular complexity index is 893. The van der Waals surface area contributed by atoms with Crippen LogP contribution in [0.25, 0.3) is 0 Å².